The molecule has 0 N–H and O–H groups in total. The van der Waals surface area contributed by atoms with E-state index in [0.717, 1.165) is 18.4 Å². The van der Waals surface area contributed by atoms with Crippen LogP contribution in [0.1, 0.15) is 47.8 Å². The number of aromatic nitrogens is 2. The number of carbonyl (C=O) groups is 2. The zero-order valence-electron chi connectivity index (χ0n) is 15.4. The van der Waals surface area contributed by atoms with Gasteiger partial charge in [0.25, 0.3) is 5.89 Å². The van der Waals surface area contributed by atoms with E-state index in [1.165, 1.54) is 0 Å². The smallest absolute Gasteiger partial charge is 0.250 e. The molecule has 0 unspecified atom stereocenters. The number of amides is 1. The van der Waals surface area contributed by atoms with Crippen molar-refractivity contribution in [1.82, 2.24) is 15.1 Å². The molecule has 0 radical (unpaired) electrons. The first-order valence-electron chi connectivity index (χ1n) is 9.42. The van der Waals surface area contributed by atoms with Crippen molar-refractivity contribution >= 4 is 11.7 Å². The van der Waals surface area contributed by atoms with E-state index in [9.17, 15) is 9.59 Å². The number of piperidine rings is 1. The summed E-state index contributed by atoms with van der Waals surface area (Å²) in [7, 11) is 0. The third-order valence-corrected chi connectivity index (χ3v) is 5.07. The van der Waals surface area contributed by atoms with Crippen LogP contribution in [0.3, 0.4) is 0 Å². The number of rotatable bonds is 6. The van der Waals surface area contributed by atoms with Crippen molar-refractivity contribution in [2.24, 2.45) is 0 Å². The first-order valence-corrected chi connectivity index (χ1v) is 9.42. The van der Waals surface area contributed by atoms with E-state index in [1.54, 1.807) is 30.7 Å². The predicted octanol–water partition coefficient (Wildman–Crippen LogP) is 3.70. The van der Waals surface area contributed by atoms with Crippen LogP contribution in [-0.4, -0.2) is 39.9 Å². The Morgan fingerprint density at radius 2 is 1.82 bits per heavy atom. The third kappa shape index (κ3) is 4.03. The van der Waals surface area contributed by atoms with Crippen molar-refractivity contribution in [2.45, 2.75) is 31.6 Å². The summed E-state index contributed by atoms with van der Waals surface area (Å²) in [5, 5.41) is 8.22. The number of furan rings is 1. The topological polar surface area (TPSA) is 89.4 Å². The maximum Gasteiger partial charge on any atom is 0.250 e. The average Bonchev–Trinajstić information content (AvgIpc) is 3.44. The number of carbonyl (C=O) groups excluding carboxylic acids is 2. The summed E-state index contributed by atoms with van der Waals surface area (Å²) in [5.74, 6) is 1.21. The molecule has 28 heavy (non-hydrogen) atoms. The molecule has 7 heteroatoms. The summed E-state index contributed by atoms with van der Waals surface area (Å²) in [5.41, 5.74) is 1.41. The second kappa shape index (κ2) is 8.21. The minimum atomic E-state index is 0.00136. The lowest BCUT2D eigenvalue weighted by Crippen LogP contribution is -2.38. The minimum absolute atomic E-state index is 0.00136. The van der Waals surface area contributed by atoms with Crippen LogP contribution in [0.25, 0.3) is 11.5 Å². The van der Waals surface area contributed by atoms with Crippen LogP contribution in [0, 0.1) is 0 Å². The van der Waals surface area contributed by atoms with Crippen LogP contribution in [0.5, 0.6) is 0 Å². The summed E-state index contributed by atoms with van der Waals surface area (Å²) in [6, 6.07) is 10.9. The van der Waals surface area contributed by atoms with Gasteiger partial charge in [-0.05, 0) is 18.9 Å². The molecule has 0 saturated carbocycles. The van der Waals surface area contributed by atoms with Crippen LogP contribution in [-0.2, 0) is 4.79 Å². The molecule has 1 amide bonds. The molecule has 1 saturated heterocycles. The van der Waals surface area contributed by atoms with Crippen molar-refractivity contribution in [2.75, 3.05) is 13.1 Å². The Labute approximate surface area is 162 Å². The van der Waals surface area contributed by atoms with Gasteiger partial charge in [0.1, 0.15) is 6.26 Å². The van der Waals surface area contributed by atoms with E-state index < -0.39 is 0 Å². The van der Waals surface area contributed by atoms with Crippen LogP contribution in [0.2, 0.25) is 0 Å². The van der Waals surface area contributed by atoms with Gasteiger partial charge in [-0.15, -0.1) is 10.2 Å². The van der Waals surface area contributed by atoms with E-state index in [4.69, 9.17) is 8.83 Å². The summed E-state index contributed by atoms with van der Waals surface area (Å²) in [6.07, 6.45) is 5.14. The first-order chi connectivity index (χ1) is 13.7. The number of Topliss-reactive ketones (excluding diaryl/α,β-unsaturated/α-hetero) is 1. The Balaban J connectivity index is 1.27. The van der Waals surface area contributed by atoms with Crippen LogP contribution < -0.4 is 0 Å². The number of likely N-dealkylation sites (tertiary alicyclic amines) is 1. The van der Waals surface area contributed by atoms with Crippen molar-refractivity contribution < 1.29 is 18.4 Å². The molecule has 1 aliphatic heterocycles. The summed E-state index contributed by atoms with van der Waals surface area (Å²) >= 11 is 0. The van der Waals surface area contributed by atoms with E-state index >= 15 is 0 Å². The fraction of sp³-hybridized carbons (Fsp3) is 0.333. The molecule has 3 aromatic rings. The van der Waals surface area contributed by atoms with Crippen LogP contribution in [0.15, 0.2) is 57.8 Å². The number of nitrogens with zero attached hydrogens (tertiary/aromatic N) is 3. The van der Waals surface area contributed by atoms with E-state index in [1.807, 2.05) is 23.1 Å². The van der Waals surface area contributed by atoms with Gasteiger partial charge >= 0.3 is 0 Å². The maximum atomic E-state index is 12.4. The van der Waals surface area contributed by atoms with Crippen molar-refractivity contribution in [3.8, 4) is 11.5 Å². The largest absolute Gasteiger partial charge is 0.472 e. The summed E-state index contributed by atoms with van der Waals surface area (Å²) in [6.45, 7) is 1.26. The molecule has 1 aliphatic rings. The highest BCUT2D eigenvalue weighted by Gasteiger charge is 2.27. The number of benzene rings is 1. The molecular formula is C21H21N3O4. The lowest BCUT2D eigenvalue weighted by atomic mass is 9.96. The normalized spacial score (nSPS) is 14.9. The Morgan fingerprint density at radius 3 is 2.54 bits per heavy atom. The van der Waals surface area contributed by atoms with Gasteiger partial charge in [0.2, 0.25) is 11.8 Å². The second-order valence-electron chi connectivity index (χ2n) is 6.90. The number of hydrogen-bond acceptors (Lipinski definition) is 6. The van der Waals surface area contributed by atoms with Gasteiger partial charge in [0.05, 0.1) is 11.8 Å². The molecule has 144 valence electrons. The fourth-order valence-electron chi connectivity index (χ4n) is 3.43. The van der Waals surface area contributed by atoms with Gasteiger partial charge in [-0.1, -0.05) is 30.3 Å². The van der Waals surface area contributed by atoms with E-state index in [2.05, 4.69) is 10.2 Å². The molecular weight excluding hydrogens is 358 g/mol. The fourth-order valence-corrected chi connectivity index (χ4v) is 3.43. The maximum absolute atomic E-state index is 12.4. The van der Waals surface area contributed by atoms with Crippen LogP contribution in [0.4, 0.5) is 0 Å². The molecule has 0 bridgehead atoms. The molecule has 4 rings (SSSR count). The van der Waals surface area contributed by atoms with Crippen molar-refractivity contribution in [3.05, 3.63) is 60.4 Å². The Morgan fingerprint density at radius 1 is 1.04 bits per heavy atom. The molecule has 1 aromatic carbocycles. The zero-order valence-corrected chi connectivity index (χ0v) is 15.4. The van der Waals surface area contributed by atoms with Gasteiger partial charge in [0.15, 0.2) is 5.78 Å². The number of hydrogen-bond donors (Lipinski definition) is 0. The third-order valence-electron chi connectivity index (χ3n) is 5.07. The highest BCUT2D eigenvalue weighted by molar-refractivity contribution is 5.97. The van der Waals surface area contributed by atoms with Gasteiger partial charge in [-0.2, -0.15) is 0 Å². The van der Waals surface area contributed by atoms with Gasteiger partial charge in [-0.25, -0.2) is 0 Å². The lowest BCUT2D eigenvalue weighted by molar-refractivity contribution is -0.132. The summed E-state index contributed by atoms with van der Waals surface area (Å²) < 4.78 is 10.8. The SMILES string of the molecule is O=C(CCC(=O)N1CCC(c2nnc(-c3ccoc3)o2)CC1)c1ccccc1. The van der Waals surface area contributed by atoms with E-state index in [-0.39, 0.29) is 30.4 Å². The zero-order chi connectivity index (χ0) is 19.3. The van der Waals surface area contributed by atoms with Crippen molar-refractivity contribution in [1.29, 1.82) is 0 Å². The standard InChI is InChI=1S/C21H21N3O4/c25-18(15-4-2-1-3-5-15)6-7-19(26)24-11-8-16(9-12-24)20-22-23-21(28-20)17-10-13-27-14-17/h1-5,10,13-14,16H,6-9,11-12H2. The van der Waals surface area contributed by atoms with Gasteiger partial charge in [0, 0.05) is 37.4 Å². The molecule has 3 heterocycles. The molecule has 2 aromatic heterocycles. The Kier molecular flexibility index (Phi) is 5.32. The average molecular weight is 379 g/mol. The lowest BCUT2D eigenvalue weighted by Gasteiger charge is -2.30. The van der Waals surface area contributed by atoms with E-state index in [0.29, 0.717) is 30.4 Å². The quantitative estimate of drug-likeness (QED) is 0.607. The predicted molar refractivity (Wildman–Crippen MR) is 101 cm³/mol. The minimum Gasteiger partial charge on any atom is -0.472 e. The van der Waals surface area contributed by atoms with Gasteiger partial charge in [-0.3, -0.25) is 9.59 Å². The van der Waals surface area contributed by atoms with Gasteiger partial charge < -0.3 is 13.7 Å². The van der Waals surface area contributed by atoms with Crippen molar-refractivity contribution in [3.63, 3.8) is 0 Å². The summed E-state index contributed by atoms with van der Waals surface area (Å²) in [4.78, 5) is 26.4. The monoisotopic (exact) mass is 379 g/mol. The first kappa shape index (κ1) is 18.2. The molecule has 1 fully saturated rings. The number of ketones is 1. The molecule has 0 atom stereocenters. The molecule has 7 nitrogen and oxygen atoms in total. The highest BCUT2D eigenvalue weighted by Crippen LogP contribution is 2.29. The molecule has 0 spiro atoms. The van der Waals surface area contributed by atoms with Crippen LogP contribution >= 0.6 is 0 Å². The second-order valence-corrected chi connectivity index (χ2v) is 6.90. The Bertz CT molecular complexity index is 926. The highest BCUT2D eigenvalue weighted by atomic mass is 16.4. The Hall–Kier alpha value is -3.22. The molecule has 0 aliphatic carbocycles.